The lowest BCUT2D eigenvalue weighted by Crippen LogP contribution is -2.34. The summed E-state index contributed by atoms with van der Waals surface area (Å²) >= 11 is 0. The highest BCUT2D eigenvalue weighted by molar-refractivity contribution is 6.20. The summed E-state index contributed by atoms with van der Waals surface area (Å²) in [5.41, 5.74) is 2.55. The van der Waals surface area contributed by atoms with Crippen molar-refractivity contribution in [2.75, 3.05) is 27.2 Å². The SMILES string of the molecule is Cc1[nH]c(/C=c2/c(=O)[nH][nH]c2=C2N=CC=N2)c(C)c1C(=O)NCCN(C)C. The van der Waals surface area contributed by atoms with Crippen LogP contribution in [0, 0.1) is 13.8 Å². The topological polar surface area (TPSA) is 121 Å². The molecule has 1 amide bonds. The Morgan fingerprint density at radius 2 is 1.93 bits per heavy atom. The number of nitrogens with one attached hydrogen (secondary N) is 4. The number of hydrogen-bond donors (Lipinski definition) is 4. The van der Waals surface area contributed by atoms with Crippen LogP contribution >= 0.6 is 0 Å². The van der Waals surface area contributed by atoms with Crippen LogP contribution in [0.1, 0.15) is 27.3 Å². The van der Waals surface area contributed by atoms with E-state index in [1.807, 2.05) is 32.8 Å². The van der Waals surface area contributed by atoms with Crippen LogP contribution in [0.15, 0.2) is 14.8 Å². The largest absolute Gasteiger partial charge is 0.358 e. The van der Waals surface area contributed by atoms with Gasteiger partial charge in [0.25, 0.3) is 11.5 Å². The number of likely N-dealkylation sites (N-methyl/N-ethyl adjacent to an activating group) is 1. The van der Waals surface area contributed by atoms with E-state index in [-0.39, 0.29) is 11.5 Å². The molecule has 4 N–H and O–H groups in total. The first-order chi connectivity index (χ1) is 12.9. The third kappa shape index (κ3) is 3.82. The number of hydrogen-bond acceptors (Lipinski definition) is 5. The van der Waals surface area contributed by atoms with Crippen LogP contribution in [0.5, 0.6) is 0 Å². The van der Waals surface area contributed by atoms with Gasteiger partial charge < -0.3 is 15.2 Å². The molecule has 27 heavy (non-hydrogen) atoms. The summed E-state index contributed by atoms with van der Waals surface area (Å²) in [7, 11) is 3.91. The van der Waals surface area contributed by atoms with Crippen LogP contribution in [0.3, 0.4) is 0 Å². The summed E-state index contributed by atoms with van der Waals surface area (Å²) < 4.78 is 0. The molecule has 3 heterocycles. The number of carbonyl (C=O) groups excluding carboxylic acids is 1. The molecule has 0 fully saturated rings. The zero-order valence-electron chi connectivity index (χ0n) is 15.8. The number of aryl methyl sites for hydroxylation is 1. The molecule has 0 spiro atoms. The van der Waals surface area contributed by atoms with E-state index in [1.54, 1.807) is 18.5 Å². The number of aromatic nitrogens is 3. The molecule has 9 nitrogen and oxygen atoms in total. The van der Waals surface area contributed by atoms with E-state index in [2.05, 4.69) is 30.5 Å². The first-order valence-corrected chi connectivity index (χ1v) is 8.60. The number of carbonyl (C=O) groups is 1. The van der Waals surface area contributed by atoms with E-state index >= 15 is 0 Å². The van der Waals surface area contributed by atoms with Gasteiger partial charge in [0, 0.05) is 36.9 Å². The number of H-pyrrole nitrogens is 3. The van der Waals surface area contributed by atoms with Gasteiger partial charge in [-0.15, -0.1) is 0 Å². The molecule has 0 saturated carbocycles. The number of nitrogens with zero attached hydrogens (tertiary/aromatic N) is 3. The predicted molar refractivity (Wildman–Crippen MR) is 106 cm³/mol. The second-order valence-electron chi connectivity index (χ2n) is 6.61. The lowest BCUT2D eigenvalue weighted by molar-refractivity contribution is 0.0950. The highest BCUT2D eigenvalue weighted by atomic mass is 16.1. The smallest absolute Gasteiger partial charge is 0.272 e. The molecule has 0 unspecified atom stereocenters. The maximum Gasteiger partial charge on any atom is 0.272 e. The van der Waals surface area contributed by atoms with Crippen LogP contribution in [-0.2, 0) is 0 Å². The van der Waals surface area contributed by atoms with Crippen molar-refractivity contribution < 1.29 is 4.79 Å². The number of aliphatic imine (C=N–C) groups is 2. The quantitative estimate of drug-likeness (QED) is 0.540. The van der Waals surface area contributed by atoms with Gasteiger partial charge in [0.05, 0.1) is 10.8 Å². The van der Waals surface area contributed by atoms with Crippen LogP contribution < -0.4 is 21.4 Å². The Morgan fingerprint density at radius 3 is 2.59 bits per heavy atom. The zero-order valence-corrected chi connectivity index (χ0v) is 15.8. The van der Waals surface area contributed by atoms with Gasteiger partial charge in [-0.1, -0.05) is 0 Å². The number of rotatable bonds is 5. The predicted octanol–water partition coefficient (Wildman–Crippen LogP) is -1.01. The maximum absolute atomic E-state index is 12.5. The monoisotopic (exact) mass is 369 g/mol. The molecule has 2 aromatic heterocycles. The molecule has 0 bridgehead atoms. The summed E-state index contributed by atoms with van der Waals surface area (Å²) in [5, 5.41) is 9.20. The third-order valence-electron chi connectivity index (χ3n) is 4.34. The molecular formula is C18H23N7O2. The van der Waals surface area contributed by atoms with Gasteiger partial charge in [0.2, 0.25) is 0 Å². The van der Waals surface area contributed by atoms with Crippen molar-refractivity contribution in [3.8, 4) is 0 Å². The van der Waals surface area contributed by atoms with Crippen molar-refractivity contribution in [2.24, 2.45) is 9.98 Å². The van der Waals surface area contributed by atoms with Gasteiger partial charge in [-0.05, 0) is 39.6 Å². The normalized spacial score (nSPS) is 14.0. The zero-order chi connectivity index (χ0) is 19.6. The van der Waals surface area contributed by atoms with Gasteiger partial charge in [0.1, 0.15) is 5.35 Å². The average molecular weight is 369 g/mol. The van der Waals surface area contributed by atoms with Crippen LogP contribution in [0.4, 0.5) is 0 Å². The fourth-order valence-electron chi connectivity index (χ4n) is 2.94. The van der Waals surface area contributed by atoms with E-state index in [4.69, 9.17) is 0 Å². The molecule has 1 aliphatic rings. The van der Waals surface area contributed by atoms with Crippen molar-refractivity contribution in [2.45, 2.75) is 13.8 Å². The summed E-state index contributed by atoms with van der Waals surface area (Å²) in [4.78, 5) is 38.2. The number of aromatic amines is 3. The van der Waals surface area contributed by atoms with Gasteiger partial charge in [0.15, 0.2) is 5.82 Å². The second-order valence-corrected chi connectivity index (χ2v) is 6.61. The Labute approximate surface area is 155 Å². The van der Waals surface area contributed by atoms with Gasteiger partial charge in [-0.3, -0.25) is 19.8 Å². The highest BCUT2D eigenvalue weighted by Crippen LogP contribution is 2.18. The second kappa shape index (κ2) is 7.58. The Balaban J connectivity index is 2.01. The molecule has 0 radical (unpaired) electrons. The van der Waals surface area contributed by atoms with Crippen molar-refractivity contribution in [1.82, 2.24) is 25.4 Å². The standard InChI is InChI=1S/C18H23N7O2/c1-10-13(22-11(2)14(10)18(27)21-7-8-25(3)4)9-12-15(23-24-17(12)26)16-19-5-6-20-16/h5-6,9,22-23H,7-8H2,1-4H3,(H,21,27)(H,24,26)/b12-9+. The minimum Gasteiger partial charge on any atom is -0.358 e. The third-order valence-corrected chi connectivity index (χ3v) is 4.34. The molecule has 0 aromatic carbocycles. The fraction of sp³-hybridized carbons (Fsp3) is 0.333. The fourth-order valence-corrected chi connectivity index (χ4v) is 2.94. The van der Waals surface area contributed by atoms with Crippen LogP contribution in [0.25, 0.3) is 11.9 Å². The Bertz CT molecular complexity index is 1080. The minimum atomic E-state index is -0.279. The molecule has 1 aliphatic heterocycles. The van der Waals surface area contributed by atoms with Gasteiger partial charge in [-0.25, -0.2) is 9.98 Å². The first-order valence-electron chi connectivity index (χ1n) is 8.60. The minimum absolute atomic E-state index is 0.134. The molecule has 0 atom stereocenters. The average Bonchev–Trinajstić information content (AvgIpc) is 3.30. The molecule has 0 aliphatic carbocycles. The first kappa shape index (κ1) is 18.6. The number of amides is 1. The molecule has 142 valence electrons. The van der Waals surface area contributed by atoms with Crippen molar-refractivity contribution in [1.29, 1.82) is 0 Å². The van der Waals surface area contributed by atoms with Crippen molar-refractivity contribution in [3.63, 3.8) is 0 Å². The van der Waals surface area contributed by atoms with E-state index in [9.17, 15) is 9.59 Å². The lowest BCUT2D eigenvalue weighted by atomic mass is 10.1. The maximum atomic E-state index is 12.5. The van der Waals surface area contributed by atoms with E-state index in [0.717, 1.165) is 17.8 Å². The summed E-state index contributed by atoms with van der Waals surface area (Å²) in [6.07, 6.45) is 4.83. The molecule has 2 aromatic rings. The summed E-state index contributed by atoms with van der Waals surface area (Å²) in [6.45, 7) is 5.02. The van der Waals surface area contributed by atoms with Crippen molar-refractivity contribution >= 4 is 30.2 Å². The van der Waals surface area contributed by atoms with Gasteiger partial charge in [-0.2, -0.15) is 0 Å². The Morgan fingerprint density at radius 1 is 1.22 bits per heavy atom. The van der Waals surface area contributed by atoms with Crippen LogP contribution in [-0.4, -0.2) is 65.6 Å². The molecule has 9 heteroatoms. The Hall–Kier alpha value is -3.20. The molecule has 0 saturated heterocycles. The Kier molecular flexibility index (Phi) is 5.22. The van der Waals surface area contributed by atoms with Gasteiger partial charge >= 0.3 is 0 Å². The van der Waals surface area contributed by atoms with Crippen LogP contribution in [0.2, 0.25) is 0 Å². The highest BCUT2D eigenvalue weighted by Gasteiger charge is 2.17. The van der Waals surface area contributed by atoms with E-state index in [1.165, 1.54) is 0 Å². The van der Waals surface area contributed by atoms with E-state index < -0.39 is 0 Å². The summed E-state index contributed by atoms with van der Waals surface area (Å²) in [6, 6.07) is 0. The molecule has 3 rings (SSSR count). The van der Waals surface area contributed by atoms with E-state index in [0.29, 0.717) is 34.2 Å². The molecular weight excluding hydrogens is 346 g/mol. The lowest BCUT2D eigenvalue weighted by Gasteiger charge is -2.10. The summed E-state index contributed by atoms with van der Waals surface area (Å²) in [5.74, 6) is 0.299. The van der Waals surface area contributed by atoms with Crippen molar-refractivity contribution in [3.05, 3.63) is 43.4 Å².